The molecule has 3 aromatic rings. The van der Waals surface area contributed by atoms with Crippen LogP contribution in [0, 0.1) is 5.41 Å². The minimum atomic E-state index is -0.966. The first-order valence-corrected chi connectivity index (χ1v) is 12.2. The van der Waals surface area contributed by atoms with Crippen molar-refractivity contribution >= 4 is 22.8 Å². The van der Waals surface area contributed by atoms with Gasteiger partial charge < -0.3 is 14.7 Å². The summed E-state index contributed by atoms with van der Waals surface area (Å²) in [6.45, 7) is 2.41. The van der Waals surface area contributed by atoms with Gasteiger partial charge in [-0.1, -0.05) is 36.4 Å². The lowest BCUT2D eigenvalue weighted by molar-refractivity contribution is -0.142. The predicted molar refractivity (Wildman–Crippen MR) is 129 cm³/mol. The summed E-state index contributed by atoms with van der Waals surface area (Å²) in [4.78, 5) is 30.2. The Morgan fingerprint density at radius 3 is 2.50 bits per heavy atom. The average Bonchev–Trinajstić information content (AvgIpc) is 3.28. The number of hydrogen-bond donors (Lipinski definition) is 1. The van der Waals surface area contributed by atoms with Gasteiger partial charge in [0, 0.05) is 31.3 Å². The maximum atomic E-state index is 12.7. The lowest BCUT2D eigenvalue weighted by Gasteiger charge is -2.34. The minimum Gasteiger partial charge on any atom is -0.478 e. The fourth-order valence-corrected chi connectivity index (χ4v) is 5.85. The van der Waals surface area contributed by atoms with Crippen molar-refractivity contribution in [3.63, 3.8) is 0 Å². The number of carboxylic acids is 1. The Morgan fingerprint density at radius 2 is 1.79 bits per heavy atom. The lowest BCUT2D eigenvalue weighted by Crippen LogP contribution is -2.44. The summed E-state index contributed by atoms with van der Waals surface area (Å²) in [5, 5.41) is 9.99. The Balaban J connectivity index is 1.12. The number of aromatic nitrogens is 1. The van der Waals surface area contributed by atoms with Gasteiger partial charge >= 0.3 is 5.97 Å². The number of carbonyl (C=O) groups excluding carboxylic acids is 1. The molecule has 2 saturated heterocycles. The molecule has 1 spiro atoms. The van der Waals surface area contributed by atoms with E-state index in [1.165, 1.54) is 18.2 Å². The van der Waals surface area contributed by atoms with Crippen molar-refractivity contribution in [2.75, 3.05) is 19.7 Å². The minimum absolute atomic E-state index is 0.193. The number of rotatable bonds is 4. The number of likely N-dealkylation sites (tertiary alicyclic amines) is 1. The Labute approximate surface area is 198 Å². The number of fused-ring (bicyclic) bond motifs is 1. The average molecular weight is 457 g/mol. The molecule has 1 unspecified atom stereocenters. The predicted octanol–water partition coefficient (Wildman–Crippen LogP) is 4.88. The normalized spacial score (nSPS) is 23.4. The first-order valence-electron chi connectivity index (χ1n) is 12.2. The molecule has 0 radical (unpaired) electrons. The van der Waals surface area contributed by atoms with E-state index in [1.807, 2.05) is 23.1 Å². The van der Waals surface area contributed by atoms with Crippen LogP contribution in [-0.2, 0) is 9.53 Å². The highest BCUT2D eigenvalue weighted by molar-refractivity contribution is 5.93. The standard InChI is InChI=1S/C28H28N2O4/c31-26(25-2-1-13-34-25)30-11-9-28(10-12-30)16-23(28)19-5-3-18(4-6-19)20-7-8-21-14-22(27(32)33)17-29-24(21)15-20/h3-8,14-15,17,23,25H,1-2,9-13,16H2,(H,32,33)/t23-,25?/m1/s1. The molecule has 6 rings (SSSR count). The van der Waals surface area contributed by atoms with Gasteiger partial charge in [0.25, 0.3) is 5.91 Å². The Hall–Kier alpha value is -3.25. The quantitative estimate of drug-likeness (QED) is 0.606. The van der Waals surface area contributed by atoms with Gasteiger partial charge in [0.2, 0.25) is 0 Å². The monoisotopic (exact) mass is 456 g/mol. The van der Waals surface area contributed by atoms with Crippen molar-refractivity contribution in [1.29, 1.82) is 0 Å². The number of ether oxygens (including phenoxy) is 1. The van der Waals surface area contributed by atoms with Crippen molar-refractivity contribution in [3.05, 3.63) is 65.9 Å². The molecule has 2 aromatic carbocycles. The zero-order valence-electron chi connectivity index (χ0n) is 19.1. The highest BCUT2D eigenvalue weighted by Crippen LogP contribution is 2.65. The molecule has 6 nitrogen and oxygen atoms in total. The maximum absolute atomic E-state index is 12.7. The van der Waals surface area contributed by atoms with Gasteiger partial charge in [-0.05, 0) is 72.3 Å². The van der Waals surface area contributed by atoms with Crippen LogP contribution < -0.4 is 0 Å². The maximum Gasteiger partial charge on any atom is 0.337 e. The molecule has 2 aliphatic heterocycles. The number of carboxylic acid groups (broad SMARTS) is 1. The zero-order valence-corrected chi connectivity index (χ0v) is 19.1. The molecular weight excluding hydrogens is 428 g/mol. The SMILES string of the molecule is O=C(O)c1cnc2cc(-c3ccc([C@H]4CC45CCN(C(=O)C4CCCO4)CC5)cc3)ccc2c1. The van der Waals surface area contributed by atoms with Crippen molar-refractivity contribution in [3.8, 4) is 11.1 Å². The zero-order chi connectivity index (χ0) is 23.3. The number of benzene rings is 2. The molecular formula is C28H28N2O4. The summed E-state index contributed by atoms with van der Waals surface area (Å²) in [5.41, 5.74) is 4.92. The number of piperidine rings is 1. The molecule has 2 atom stereocenters. The second kappa shape index (κ2) is 8.20. The second-order valence-corrected chi connectivity index (χ2v) is 10.0. The van der Waals surface area contributed by atoms with E-state index in [4.69, 9.17) is 9.84 Å². The van der Waals surface area contributed by atoms with E-state index < -0.39 is 5.97 Å². The third-order valence-corrected chi connectivity index (χ3v) is 8.04. The number of hydrogen-bond acceptors (Lipinski definition) is 4. The first-order chi connectivity index (χ1) is 16.5. The molecule has 1 aliphatic carbocycles. The molecule has 3 heterocycles. The summed E-state index contributed by atoms with van der Waals surface area (Å²) in [6.07, 6.45) is 6.42. The van der Waals surface area contributed by atoms with Gasteiger partial charge in [-0.3, -0.25) is 9.78 Å². The summed E-state index contributed by atoms with van der Waals surface area (Å²) >= 11 is 0. The molecule has 1 saturated carbocycles. The van der Waals surface area contributed by atoms with Gasteiger partial charge in [0.05, 0.1) is 11.1 Å². The van der Waals surface area contributed by atoms with Crippen molar-refractivity contribution in [2.24, 2.45) is 5.41 Å². The molecule has 3 fully saturated rings. The van der Waals surface area contributed by atoms with Crippen LogP contribution in [0.2, 0.25) is 0 Å². The van der Waals surface area contributed by atoms with E-state index in [9.17, 15) is 9.59 Å². The Kier molecular flexibility index (Phi) is 5.14. The van der Waals surface area contributed by atoms with E-state index in [-0.39, 0.29) is 17.6 Å². The van der Waals surface area contributed by atoms with E-state index in [2.05, 4.69) is 29.2 Å². The summed E-state index contributed by atoms with van der Waals surface area (Å²) < 4.78 is 5.59. The van der Waals surface area contributed by atoms with Crippen LogP contribution in [0.15, 0.2) is 54.7 Å². The third kappa shape index (κ3) is 3.76. The Morgan fingerprint density at radius 1 is 1.03 bits per heavy atom. The topological polar surface area (TPSA) is 79.7 Å². The van der Waals surface area contributed by atoms with Crippen LogP contribution in [0.25, 0.3) is 22.0 Å². The summed E-state index contributed by atoms with van der Waals surface area (Å²) in [5.74, 6) is -0.195. The molecule has 174 valence electrons. The van der Waals surface area contributed by atoms with Gasteiger partial charge in [0.1, 0.15) is 6.10 Å². The highest BCUT2D eigenvalue weighted by atomic mass is 16.5. The Bertz CT molecular complexity index is 1260. The van der Waals surface area contributed by atoms with E-state index >= 15 is 0 Å². The van der Waals surface area contributed by atoms with Crippen molar-refractivity contribution < 1.29 is 19.4 Å². The molecule has 0 bridgehead atoms. The van der Waals surface area contributed by atoms with Crippen LogP contribution in [0.4, 0.5) is 0 Å². The van der Waals surface area contributed by atoms with Crippen LogP contribution in [0.5, 0.6) is 0 Å². The lowest BCUT2D eigenvalue weighted by atomic mass is 9.88. The summed E-state index contributed by atoms with van der Waals surface area (Å²) in [7, 11) is 0. The third-order valence-electron chi connectivity index (χ3n) is 8.04. The van der Waals surface area contributed by atoms with Crippen LogP contribution in [0.1, 0.15) is 53.9 Å². The molecule has 34 heavy (non-hydrogen) atoms. The molecule has 3 aliphatic rings. The van der Waals surface area contributed by atoms with Crippen LogP contribution in [0.3, 0.4) is 0 Å². The second-order valence-electron chi connectivity index (χ2n) is 10.0. The summed E-state index contributed by atoms with van der Waals surface area (Å²) in [6, 6.07) is 16.4. The smallest absolute Gasteiger partial charge is 0.337 e. The van der Waals surface area contributed by atoms with E-state index in [0.717, 1.165) is 60.8 Å². The fraction of sp³-hybridized carbons (Fsp3) is 0.393. The number of pyridine rings is 1. The molecule has 6 heteroatoms. The van der Waals surface area contributed by atoms with Gasteiger partial charge in [0.15, 0.2) is 0 Å². The first kappa shape index (κ1) is 21.3. The molecule has 1 amide bonds. The van der Waals surface area contributed by atoms with Crippen LogP contribution in [-0.4, -0.2) is 52.7 Å². The van der Waals surface area contributed by atoms with Crippen molar-refractivity contribution in [2.45, 2.75) is 44.1 Å². The van der Waals surface area contributed by atoms with Gasteiger partial charge in [-0.2, -0.15) is 0 Å². The number of aromatic carboxylic acids is 1. The fourth-order valence-electron chi connectivity index (χ4n) is 5.85. The number of amides is 1. The molecule has 1 aromatic heterocycles. The van der Waals surface area contributed by atoms with Gasteiger partial charge in [-0.25, -0.2) is 4.79 Å². The number of carbonyl (C=O) groups is 2. The number of nitrogens with zero attached hydrogens (tertiary/aromatic N) is 2. The van der Waals surface area contributed by atoms with Gasteiger partial charge in [-0.15, -0.1) is 0 Å². The molecule has 1 N–H and O–H groups in total. The largest absolute Gasteiger partial charge is 0.478 e. The van der Waals surface area contributed by atoms with Crippen molar-refractivity contribution in [1.82, 2.24) is 9.88 Å². The van der Waals surface area contributed by atoms with E-state index in [1.54, 1.807) is 6.07 Å². The van der Waals surface area contributed by atoms with E-state index in [0.29, 0.717) is 17.9 Å². The van der Waals surface area contributed by atoms with Crippen LogP contribution >= 0.6 is 0 Å². The highest BCUT2D eigenvalue weighted by Gasteiger charge is 2.55.